The van der Waals surface area contributed by atoms with Crippen LogP contribution in [0.4, 0.5) is 0 Å². The summed E-state index contributed by atoms with van der Waals surface area (Å²) in [4.78, 5) is 12.5. The number of aliphatic hydroxyl groups excluding tert-OH is 4. The van der Waals surface area contributed by atoms with Crippen molar-refractivity contribution >= 4 is 5.91 Å². The first-order chi connectivity index (χ1) is 23.5. The topological polar surface area (TPSA) is 110 Å². The van der Waals surface area contributed by atoms with Gasteiger partial charge < -0.3 is 25.7 Å². The molecule has 0 fully saturated rings. The molecule has 288 valence electrons. The molecule has 0 aromatic heterocycles. The van der Waals surface area contributed by atoms with Gasteiger partial charge in [0, 0.05) is 0 Å². The molecule has 0 aromatic carbocycles. The van der Waals surface area contributed by atoms with Crippen molar-refractivity contribution in [3.63, 3.8) is 0 Å². The lowest BCUT2D eigenvalue weighted by atomic mass is 9.99. The highest BCUT2D eigenvalue weighted by molar-refractivity contribution is 5.80. The molecule has 0 saturated carbocycles. The summed E-state index contributed by atoms with van der Waals surface area (Å²) >= 11 is 0. The number of amides is 1. The van der Waals surface area contributed by atoms with Crippen LogP contribution >= 0.6 is 0 Å². The van der Waals surface area contributed by atoms with E-state index in [1.807, 2.05) is 0 Å². The molecule has 0 spiro atoms. The number of carbonyl (C=O) groups excluding carboxylic acids is 1. The molecular formula is C42H85NO5. The lowest BCUT2D eigenvalue weighted by Gasteiger charge is -2.27. The molecular weight excluding hydrogens is 598 g/mol. The Bertz CT molecular complexity index is 648. The Morgan fingerprint density at radius 2 is 0.708 bits per heavy atom. The Hall–Kier alpha value is -0.690. The second-order valence-electron chi connectivity index (χ2n) is 15.1. The number of nitrogens with one attached hydrogen (secondary N) is 1. The van der Waals surface area contributed by atoms with E-state index in [-0.39, 0.29) is 0 Å². The highest BCUT2D eigenvalue weighted by Gasteiger charge is 2.28. The lowest BCUT2D eigenvalue weighted by Crippen LogP contribution is -2.53. The van der Waals surface area contributed by atoms with Gasteiger partial charge >= 0.3 is 0 Å². The normalized spacial score (nSPS) is 14.2. The Labute approximate surface area is 299 Å². The fourth-order valence-electron chi connectivity index (χ4n) is 6.88. The van der Waals surface area contributed by atoms with Crippen LogP contribution in [-0.4, -0.2) is 57.3 Å². The van der Waals surface area contributed by atoms with E-state index in [0.29, 0.717) is 12.8 Å². The van der Waals surface area contributed by atoms with E-state index >= 15 is 0 Å². The summed E-state index contributed by atoms with van der Waals surface area (Å²) < 4.78 is 0. The second-order valence-corrected chi connectivity index (χ2v) is 15.1. The standard InChI is InChI=1S/C42H85NO5/c1-3-5-7-9-11-13-15-17-19-20-21-22-24-25-27-29-31-33-35-39(45)41(47)38(37-44)43-42(48)40(46)36-34-32-30-28-26-23-18-16-14-12-10-8-6-4-2/h38-41,44-47H,3-37H2,1-2H3,(H,43,48)/t38-,39+,40+,41-/m0/s1. The van der Waals surface area contributed by atoms with Gasteiger partial charge in [-0.15, -0.1) is 0 Å². The number of carbonyl (C=O) groups is 1. The molecule has 0 aromatic rings. The molecule has 0 saturated heterocycles. The molecule has 4 atom stereocenters. The highest BCUT2D eigenvalue weighted by atomic mass is 16.3. The van der Waals surface area contributed by atoms with Crippen molar-refractivity contribution in [3.8, 4) is 0 Å². The van der Waals surface area contributed by atoms with Crippen LogP contribution in [0.15, 0.2) is 0 Å². The van der Waals surface area contributed by atoms with E-state index in [1.54, 1.807) is 0 Å². The largest absolute Gasteiger partial charge is 0.394 e. The minimum atomic E-state index is -1.25. The Balaban J connectivity index is 3.71. The Kier molecular flexibility index (Phi) is 37.0. The van der Waals surface area contributed by atoms with Crippen LogP contribution in [0, 0.1) is 0 Å². The van der Waals surface area contributed by atoms with Gasteiger partial charge in [-0.05, 0) is 12.8 Å². The van der Waals surface area contributed by atoms with Gasteiger partial charge in [-0.3, -0.25) is 4.79 Å². The molecule has 0 bridgehead atoms. The van der Waals surface area contributed by atoms with Crippen LogP contribution in [0.25, 0.3) is 0 Å². The van der Waals surface area contributed by atoms with Crippen LogP contribution in [0.2, 0.25) is 0 Å². The van der Waals surface area contributed by atoms with E-state index in [4.69, 9.17) is 0 Å². The molecule has 48 heavy (non-hydrogen) atoms. The van der Waals surface area contributed by atoms with E-state index in [1.165, 1.54) is 167 Å². The van der Waals surface area contributed by atoms with Gasteiger partial charge in [0.25, 0.3) is 0 Å². The highest BCUT2D eigenvalue weighted by Crippen LogP contribution is 2.17. The number of rotatable bonds is 39. The van der Waals surface area contributed by atoms with Crippen LogP contribution in [0.1, 0.15) is 232 Å². The minimum absolute atomic E-state index is 0.375. The zero-order valence-electron chi connectivity index (χ0n) is 32.3. The third kappa shape index (κ3) is 31.3. The minimum Gasteiger partial charge on any atom is -0.394 e. The quantitative estimate of drug-likeness (QED) is 0.0414. The van der Waals surface area contributed by atoms with Crippen molar-refractivity contribution in [2.75, 3.05) is 6.61 Å². The predicted octanol–water partition coefficient (Wildman–Crippen LogP) is 10.8. The molecule has 6 nitrogen and oxygen atoms in total. The fourth-order valence-corrected chi connectivity index (χ4v) is 6.88. The van der Waals surface area contributed by atoms with Gasteiger partial charge in [-0.1, -0.05) is 219 Å². The molecule has 0 rings (SSSR count). The molecule has 1 amide bonds. The summed E-state index contributed by atoms with van der Waals surface area (Å²) in [6.07, 6.45) is 38.4. The molecule has 0 aliphatic carbocycles. The van der Waals surface area contributed by atoms with E-state index in [0.717, 1.165) is 38.5 Å². The summed E-state index contributed by atoms with van der Waals surface area (Å²) in [5.74, 6) is -0.580. The maximum Gasteiger partial charge on any atom is 0.249 e. The number of hydrogen-bond acceptors (Lipinski definition) is 5. The van der Waals surface area contributed by atoms with Crippen molar-refractivity contribution in [1.29, 1.82) is 0 Å². The van der Waals surface area contributed by atoms with Crippen LogP contribution < -0.4 is 5.32 Å². The van der Waals surface area contributed by atoms with Crippen molar-refractivity contribution < 1.29 is 25.2 Å². The Morgan fingerprint density at radius 1 is 0.438 bits per heavy atom. The molecule has 0 radical (unpaired) electrons. The third-order valence-corrected chi connectivity index (χ3v) is 10.3. The molecule has 0 aliphatic rings. The second kappa shape index (κ2) is 37.6. The van der Waals surface area contributed by atoms with Gasteiger partial charge in [-0.25, -0.2) is 0 Å². The van der Waals surface area contributed by atoms with Gasteiger partial charge in [0.2, 0.25) is 5.91 Å². The first-order valence-corrected chi connectivity index (χ1v) is 21.4. The van der Waals surface area contributed by atoms with Crippen molar-refractivity contribution in [1.82, 2.24) is 5.32 Å². The van der Waals surface area contributed by atoms with Crippen LogP contribution in [0.5, 0.6) is 0 Å². The molecule has 0 unspecified atom stereocenters. The van der Waals surface area contributed by atoms with Crippen LogP contribution in [0.3, 0.4) is 0 Å². The van der Waals surface area contributed by atoms with E-state index < -0.39 is 36.9 Å². The lowest BCUT2D eigenvalue weighted by molar-refractivity contribution is -0.132. The summed E-state index contributed by atoms with van der Waals surface area (Å²) in [5, 5.41) is 43.6. The average Bonchev–Trinajstić information content (AvgIpc) is 3.09. The molecule has 0 heterocycles. The van der Waals surface area contributed by atoms with E-state index in [2.05, 4.69) is 19.2 Å². The zero-order chi connectivity index (χ0) is 35.3. The SMILES string of the molecule is CCCCCCCCCCCCCCCCCCCC[C@@H](O)[C@@H](O)[C@H](CO)NC(=O)[C@H](O)CCCCCCCCCCCCCCCC. The molecule has 6 heteroatoms. The monoisotopic (exact) mass is 684 g/mol. The molecule has 0 aliphatic heterocycles. The van der Waals surface area contributed by atoms with E-state index in [9.17, 15) is 25.2 Å². The third-order valence-electron chi connectivity index (χ3n) is 10.3. The summed E-state index contributed by atoms with van der Waals surface area (Å²) in [5.41, 5.74) is 0. The fraction of sp³-hybridized carbons (Fsp3) is 0.976. The smallest absolute Gasteiger partial charge is 0.249 e. The first kappa shape index (κ1) is 47.3. The Morgan fingerprint density at radius 3 is 1.00 bits per heavy atom. The number of unbranched alkanes of at least 4 members (excludes halogenated alkanes) is 30. The maximum atomic E-state index is 12.5. The maximum absolute atomic E-state index is 12.5. The van der Waals surface area contributed by atoms with Gasteiger partial charge in [-0.2, -0.15) is 0 Å². The number of hydrogen-bond donors (Lipinski definition) is 5. The molecule has 5 N–H and O–H groups in total. The van der Waals surface area contributed by atoms with Crippen molar-refractivity contribution in [2.24, 2.45) is 0 Å². The van der Waals surface area contributed by atoms with Gasteiger partial charge in [0.05, 0.1) is 18.8 Å². The van der Waals surface area contributed by atoms with Crippen molar-refractivity contribution in [3.05, 3.63) is 0 Å². The van der Waals surface area contributed by atoms with Gasteiger partial charge in [0.15, 0.2) is 0 Å². The summed E-state index contributed by atoms with van der Waals surface area (Å²) in [6.45, 7) is 4.06. The van der Waals surface area contributed by atoms with Crippen LogP contribution in [-0.2, 0) is 4.79 Å². The first-order valence-electron chi connectivity index (χ1n) is 21.4. The average molecular weight is 684 g/mol. The summed E-state index contributed by atoms with van der Waals surface area (Å²) in [6, 6.07) is -0.978. The van der Waals surface area contributed by atoms with Gasteiger partial charge in [0.1, 0.15) is 12.2 Å². The predicted molar refractivity (Wildman–Crippen MR) is 205 cm³/mol. The summed E-state index contributed by atoms with van der Waals surface area (Å²) in [7, 11) is 0. The van der Waals surface area contributed by atoms with Crippen molar-refractivity contribution in [2.45, 2.75) is 257 Å². The zero-order valence-corrected chi connectivity index (χ0v) is 32.3. The number of aliphatic hydroxyl groups is 4.